The molecule has 0 amide bonds. The molecule has 0 aliphatic heterocycles. The monoisotopic (exact) mass is 372 g/mol. The van der Waals surface area contributed by atoms with E-state index in [-0.39, 0.29) is 23.1 Å². The Hall–Kier alpha value is -2.63. The van der Waals surface area contributed by atoms with Crippen LogP contribution in [0.15, 0.2) is 30.6 Å². The van der Waals surface area contributed by atoms with Crippen molar-refractivity contribution in [2.45, 2.75) is 32.0 Å². The Labute approximate surface area is 154 Å². The zero-order valence-corrected chi connectivity index (χ0v) is 14.5. The van der Waals surface area contributed by atoms with Gasteiger partial charge in [-0.1, -0.05) is 0 Å². The molecule has 8 heteroatoms. The summed E-state index contributed by atoms with van der Waals surface area (Å²) in [6, 6.07) is 6.75. The van der Waals surface area contributed by atoms with Crippen molar-refractivity contribution in [3.8, 4) is 11.9 Å². The highest BCUT2D eigenvalue weighted by molar-refractivity contribution is 5.25. The minimum atomic E-state index is -0.741. The van der Waals surface area contributed by atoms with Gasteiger partial charge in [0.05, 0.1) is 6.61 Å². The average Bonchev–Trinajstić information content (AvgIpc) is 2.57. The molecule has 0 spiro atoms. The number of aliphatic hydroxyl groups excluding tert-OH is 1. The number of benzene rings is 1. The summed E-state index contributed by atoms with van der Waals surface area (Å²) in [5.41, 5.74) is 0.514. The third-order valence-corrected chi connectivity index (χ3v) is 5.47. The molecule has 3 aliphatic carbocycles. The Bertz CT molecular complexity index is 875. The van der Waals surface area contributed by atoms with Crippen LogP contribution in [0.1, 0.15) is 30.5 Å². The fourth-order valence-corrected chi connectivity index (χ4v) is 4.38. The number of hydrogen-bond acceptors (Lipinski definition) is 6. The normalized spacial score (nSPS) is 26.4. The van der Waals surface area contributed by atoms with Crippen molar-refractivity contribution in [2.75, 3.05) is 6.61 Å². The van der Waals surface area contributed by atoms with Gasteiger partial charge in [-0.25, -0.2) is 18.7 Å². The number of nitrogens with zero attached hydrogens (tertiary/aromatic N) is 3. The van der Waals surface area contributed by atoms with E-state index in [1.807, 2.05) is 6.07 Å². The summed E-state index contributed by atoms with van der Waals surface area (Å²) in [6.45, 7) is 0.664. The number of aliphatic hydroxyl groups is 1. The fraction of sp³-hybridized carbons (Fsp3) is 0.421. The first-order valence-electron chi connectivity index (χ1n) is 8.63. The quantitative estimate of drug-likeness (QED) is 0.725. The van der Waals surface area contributed by atoms with E-state index in [1.54, 1.807) is 0 Å². The van der Waals surface area contributed by atoms with Gasteiger partial charge in [0.1, 0.15) is 36.0 Å². The second-order valence-electron chi connectivity index (χ2n) is 7.60. The summed E-state index contributed by atoms with van der Waals surface area (Å²) >= 11 is 0. The summed E-state index contributed by atoms with van der Waals surface area (Å²) in [5.74, 6) is -0.897. The Morgan fingerprint density at radius 3 is 2.56 bits per heavy atom. The largest absolute Gasteiger partial charge is 0.477 e. The number of ether oxygens (including phenoxy) is 1. The number of rotatable bonds is 7. The molecular formula is C19H18F2N4O2. The van der Waals surface area contributed by atoms with Crippen LogP contribution < -0.4 is 10.1 Å². The molecule has 27 heavy (non-hydrogen) atoms. The van der Waals surface area contributed by atoms with Crippen LogP contribution in [-0.4, -0.2) is 27.9 Å². The first-order chi connectivity index (χ1) is 12.9. The summed E-state index contributed by atoms with van der Waals surface area (Å²) < 4.78 is 32.1. The molecule has 1 heterocycles. The van der Waals surface area contributed by atoms with Crippen LogP contribution in [-0.2, 0) is 6.54 Å². The lowest BCUT2D eigenvalue weighted by Crippen LogP contribution is -2.71. The molecule has 3 aliphatic rings. The second kappa shape index (κ2) is 6.51. The first-order valence-corrected chi connectivity index (χ1v) is 8.63. The maximum Gasteiger partial charge on any atom is 0.217 e. The highest BCUT2D eigenvalue weighted by Gasteiger charge is 2.70. The van der Waals surface area contributed by atoms with Crippen LogP contribution >= 0.6 is 0 Å². The van der Waals surface area contributed by atoms with Gasteiger partial charge >= 0.3 is 0 Å². The van der Waals surface area contributed by atoms with Crippen molar-refractivity contribution in [3.05, 3.63) is 53.5 Å². The maximum atomic E-state index is 13.2. The third kappa shape index (κ3) is 3.36. The Morgan fingerprint density at radius 2 is 1.89 bits per heavy atom. The van der Waals surface area contributed by atoms with Gasteiger partial charge in [-0.2, -0.15) is 5.26 Å². The van der Waals surface area contributed by atoms with Crippen LogP contribution in [0, 0.1) is 33.8 Å². The zero-order chi connectivity index (χ0) is 19.1. The van der Waals surface area contributed by atoms with Crippen molar-refractivity contribution < 1.29 is 18.6 Å². The van der Waals surface area contributed by atoms with Crippen molar-refractivity contribution in [3.63, 3.8) is 0 Å². The molecule has 6 nitrogen and oxygen atoms in total. The van der Waals surface area contributed by atoms with Crippen LogP contribution in [0.2, 0.25) is 0 Å². The van der Waals surface area contributed by atoms with E-state index < -0.39 is 17.9 Å². The molecule has 2 aromatic rings. The third-order valence-electron chi connectivity index (χ3n) is 5.47. The van der Waals surface area contributed by atoms with Crippen molar-refractivity contribution in [1.29, 1.82) is 5.26 Å². The van der Waals surface area contributed by atoms with E-state index in [2.05, 4.69) is 15.3 Å². The summed E-state index contributed by atoms with van der Waals surface area (Å²) in [6.07, 6.45) is 2.97. The maximum absolute atomic E-state index is 13.2. The van der Waals surface area contributed by atoms with Crippen LogP contribution in [0.3, 0.4) is 0 Å². The van der Waals surface area contributed by atoms with Gasteiger partial charge < -0.3 is 9.84 Å². The average molecular weight is 372 g/mol. The van der Waals surface area contributed by atoms with Gasteiger partial charge in [0.15, 0.2) is 0 Å². The molecule has 0 radical (unpaired) electrons. The van der Waals surface area contributed by atoms with E-state index >= 15 is 0 Å². The van der Waals surface area contributed by atoms with E-state index in [4.69, 9.17) is 10.00 Å². The predicted octanol–water partition coefficient (Wildman–Crippen LogP) is 2.28. The fourth-order valence-electron chi connectivity index (χ4n) is 4.38. The minimum absolute atomic E-state index is 0.0192. The molecule has 1 aromatic heterocycles. The molecular weight excluding hydrogens is 354 g/mol. The van der Waals surface area contributed by atoms with Crippen LogP contribution in [0.5, 0.6) is 5.88 Å². The molecule has 140 valence electrons. The molecule has 1 atom stereocenters. The first kappa shape index (κ1) is 17.8. The number of aromatic nitrogens is 2. The van der Waals surface area contributed by atoms with Gasteiger partial charge in [0.25, 0.3) is 0 Å². The predicted molar refractivity (Wildman–Crippen MR) is 90.2 cm³/mol. The van der Waals surface area contributed by atoms with E-state index in [9.17, 15) is 13.9 Å². The standard InChI is InChI=1S/C19H18F2N4O2/c20-13-1-12(2-14(21)3-13)6-23-17(26)19-7-18(8-19,9-19)10-27-16-4-15(5-22)24-11-25-16/h1-4,11,17,23,26H,6-10H2. The SMILES string of the molecule is N#Cc1cc(OCC23CC(C(O)NCc4cc(F)cc(F)c4)(C2)C3)ncn1. The number of halogens is 2. The van der Waals surface area contributed by atoms with Crippen molar-refractivity contribution in [1.82, 2.24) is 15.3 Å². The number of nitrogens with one attached hydrogen (secondary N) is 1. The Kier molecular flexibility index (Phi) is 4.29. The van der Waals surface area contributed by atoms with Crippen LogP contribution in [0.4, 0.5) is 8.78 Å². The summed E-state index contributed by atoms with van der Waals surface area (Å²) in [5, 5.41) is 22.2. The molecule has 0 saturated heterocycles. The topological polar surface area (TPSA) is 91.1 Å². The summed E-state index contributed by atoms with van der Waals surface area (Å²) in [4.78, 5) is 7.78. The molecule has 5 rings (SSSR count). The van der Waals surface area contributed by atoms with Gasteiger partial charge in [0.2, 0.25) is 5.88 Å². The lowest BCUT2D eigenvalue weighted by molar-refractivity contribution is -0.271. The number of hydrogen-bond donors (Lipinski definition) is 2. The highest BCUT2D eigenvalue weighted by Crippen LogP contribution is 2.74. The Morgan fingerprint density at radius 1 is 1.19 bits per heavy atom. The minimum Gasteiger partial charge on any atom is -0.477 e. The van der Waals surface area contributed by atoms with Gasteiger partial charge in [-0.05, 0) is 37.0 Å². The van der Waals surface area contributed by atoms with Crippen molar-refractivity contribution in [2.24, 2.45) is 10.8 Å². The van der Waals surface area contributed by atoms with E-state index in [0.29, 0.717) is 18.1 Å². The van der Waals surface area contributed by atoms with E-state index in [0.717, 1.165) is 25.3 Å². The molecule has 2 N–H and O–H groups in total. The Balaban J connectivity index is 1.26. The molecule has 3 fully saturated rings. The second-order valence-corrected chi connectivity index (χ2v) is 7.60. The molecule has 3 saturated carbocycles. The van der Waals surface area contributed by atoms with Gasteiger partial charge in [-0.15, -0.1) is 0 Å². The van der Waals surface area contributed by atoms with Gasteiger partial charge in [-0.3, -0.25) is 5.32 Å². The van der Waals surface area contributed by atoms with Gasteiger partial charge in [0, 0.05) is 29.5 Å². The molecule has 1 unspecified atom stereocenters. The highest BCUT2D eigenvalue weighted by atomic mass is 19.1. The van der Waals surface area contributed by atoms with E-state index in [1.165, 1.54) is 24.5 Å². The lowest BCUT2D eigenvalue weighted by Gasteiger charge is -2.71. The van der Waals surface area contributed by atoms with Crippen molar-refractivity contribution >= 4 is 0 Å². The lowest BCUT2D eigenvalue weighted by atomic mass is 9.34. The van der Waals surface area contributed by atoms with Crippen LogP contribution in [0.25, 0.3) is 0 Å². The molecule has 2 bridgehead atoms. The number of nitriles is 1. The molecule has 1 aromatic carbocycles. The summed E-state index contributed by atoms with van der Waals surface area (Å²) in [7, 11) is 0. The smallest absolute Gasteiger partial charge is 0.217 e. The zero-order valence-electron chi connectivity index (χ0n) is 14.5.